The van der Waals surface area contributed by atoms with Crippen molar-refractivity contribution >= 4 is 33.9 Å². The van der Waals surface area contributed by atoms with Crippen LogP contribution in [0.5, 0.6) is 0 Å². The number of hydrogen-bond donors (Lipinski definition) is 1. The van der Waals surface area contributed by atoms with Crippen molar-refractivity contribution in [1.82, 2.24) is 0 Å². The second-order valence-electron chi connectivity index (χ2n) is 8.48. The van der Waals surface area contributed by atoms with Gasteiger partial charge in [0.15, 0.2) is 0 Å². The summed E-state index contributed by atoms with van der Waals surface area (Å²) >= 11 is 1.54. The molecule has 0 atom stereocenters. The molecule has 30 heavy (non-hydrogen) atoms. The first-order valence-corrected chi connectivity index (χ1v) is 11.4. The fraction of sp³-hybridized carbons (Fsp3) is 0.478. The fourth-order valence-corrected chi connectivity index (χ4v) is 5.97. The van der Waals surface area contributed by atoms with Crippen LogP contribution in [-0.2, 0) is 22.3 Å². The van der Waals surface area contributed by atoms with Crippen molar-refractivity contribution < 1.29 is 19.1 Å². The maximum atomic E-state index is 12.9. The number of hydrogen-bond acceptors (Lipinski definition) is 6. The number of esters is 1. The third kappa shape index (κ3) is 3.61. The largest absolute Gasteiger partial charge is 0.465 e. The summed E-state index contributed by atoms with van der Waals surface area (Å²) in [6.45, 7) is 3.16. The Kier molecular flexibility index (Phi) is 5.03. The molecule has 158 valence electrons. The molecule has 6 nitrogen and oxygen atoms in total. The van der Waals surface area contributed by atoms with E-state index in [1.807, 2.05) is 24.3 Å². The molecule has 2 heterocycles. The number of rotatable bonds is 4. The molecule has 2 aromatic rings. The highest BCUT2D eigenvalue weighted by molar-refractivity contribution is 7.17. The van der Waals surface area contributed by atoms with Gasteiger partial charge in [-0.1, -0.05) is 0 Å². The standard InChI is InChI=1S/C23H26N2O4S/c1-28-22(27)19-17-6-7-23(8-9-23)14-18(17)30-21(19)24-20(26)15-2-4-16(5-3-15)25-10-12-29-13-11-25/h2-5H,6-14H2,1H3,(H,24,26). The summed E-state index contributed by atoms with van der Waals surface area (Å²) in [6.07, 6.45) is 5.57. The maximum absolute atomic E-state index is 12.9. The number of amides is 1. The zero-order chi connectivity index (χ0) is 20.7. The predicted octanol–water partition coefficient (Wildman–Crippen LogP) is 3.89. The molecule has 1 aromatic heterocycles. The SMILES string of the molecule is COC(=O)c1c(NC(=O)c2ccc(N3CCOCC3)cc2)sc2c1CCC1(CC1)C2. The van der Waals surface area contributed by atoms with Gasteiger partial charge in [0.25, 0.3) is 5.91 Å². The quantitative estimate of drug-likeness (QED) is 0.752. The Balaban J connectivity index is 1.36. The van der Waals surface area contributed by atoms with E-state index in [1.54, 1.807) is 11.3 Å². The molecule has 1 saturated heterocycles. The first-order chi connectivity index (χ1) is 14.6. The molecular weight excluding hydrogens is 400 g/mol. The van der Waals surface area contributed by atoms with Crippen LogP contribution in [0.15, 0.2) is 24.3 Å². The minimum Gasteiger partial charge on any atom is -0.465 e. The van der Waals surface area contributed by atoms with Gasteiger partial charge in [-0.15, -0.1) is 11.3 Å². The predicted molar refractivity (Wildman–Crippen MR) is 117 cm³/mol. The van der Waals surface area contributed by atoms with E-state index in [-0.39, 0.29) is 11.9 Å². The van der Waals surface area contributed by atoms with E-state index in [4.69, 9.17) is 9.47 Å². The van der Waals surface area contributed by atoms with Crippen molar-refractivity contribution in [1.29, 1.82) is 0 Å². The van der Waals surface area contributed by atoms with Crippen molar-refractivity contribution in [2.24, 2.45) is 5.41 Å². The van der Waals surface area contributed by atoms with E-state index in [1.165, 1.54) is 24.8 Å². The fourth-order valence-electron chi connectivity index (χ4n) is 4.57. The molecular formula is C23H26N2O4S. The number of carbonyl (C=O) groups excluding carboxylic acids is 2. The Bertz CT molecular complexity index is 972. The molecule has 0 radical (unpaired) electrons. The van der Waals surface area contributed by atoms with Gasteiger partial charge in [-0.25, -0.2) is 4.79 Å². The zero-order valence-electron chi connectivity index (χ0n) is 17.2. The van der Waals surface area contributed by atoms with Crippen molar-refractivity contribution in [3.63, 3.8) is 0 Å². The summed E-state index contributed by atoms with van der Waals surface area (Å²) in [4.78, 5) is 28.9. The summed E-state index contributed by atoms with van der Waals surface area (Å²) in [7, 11) is 1.40. The van der Waals surface area contributed by atoms with Gasteiger partial charge in [-0.05, 0) is 67.3 Å². The van der Waals surface area contributed by atoms with Crippen LogP contribution in [0.3, 0.4) is 0 Å². The highest BCUT2D eigenvalue weighted by Crippen LogP contribution is 2.57. The number of morpholine rings is 1. The summed E-state index contributed by atoms with van der Waals surface area (Å²) < 4.78 is 10.4. The lowest BCUT2D eigenvalue weighted by molar-refractivity contribution is 0.0600. The van der Waals surface area contributed by atoms with E-state index in [9.17, 15) is 9.59 Å². The Morgan fingerprint density at radius 2 is 1.87 bits per heavy atom. The number of methoxy groups -OCH3 is 1. The molecule has 5 rings (SSSR count). The summed E-state index contributed by atoms with van der Waals surface area (Å²) in [5.41, 5.74) is 3.73. The Labute approximate surface area is 180 Å². The van der Waals surface area contributed by atoms with E-state index < -0.39 is 0 Å². The molecule has 2 aliphatic carbocycles. The third-order valence-corrected chi connectivity index (χ3v) is 7.76. The number of carbonyl (C=O) groups is 2. The van der Waals surface area contributed by atoms with Crippen LogP contribution in [-0.4, -0.2) is 45.3 Å². The zero-order valence-corrected chi connectivity index (χ0v) is 18.0. The average molecular weight is 427 g/mol. The second kappa shape index (κ2) is 7.71. The minimum atomic E-state index is -0.364. The Hall–Kier alpha value is -2.38. The van der Waals surface area contributed by atoms with Crippen molar-refractivity contribution in [2.45, 2.75) is 32.1 Å². The lowest BCUT2D eigenvalue weighted by atomic mass is 9.84. The number of nitrogens with zero attached hydrogens (tertiary/aromatic N) is 1. The smallest absolute Gasteiger partial charge is 0.341 e. The third-order valence-electron chi connectivity index (χ3n) is 6.61. The van der Waals surface area contributed by atoms with Gasteiger partial charge in [-0.2, -0.15) is 0 Å². The van der Waals surface area contributed by atoms with Gasteiger partial charge < -0.3 is 19.7 Å². The monoisotopic (exact) mass is 426 g/mol. The molecule has 0 unspecified atom stereocenters. The van der Waals surface area contributed by atoms with Crippen LogP contribution >= 0.6 is 11.3 Å². The summed E-state index contributed by atoms with van der Waals surface area (Å²) in [6, 6.07) is 7.62. The minimum absolute atomic E-state index is 0.201. The Morgan fingerprint density at radius 3 is 2.53 bits per heavy atom. The van der Waals surface area contributed by atoms with Crippen LogP contribution in [0.25, 0.3) is 0 Å². The average Bonchev–Trinajstić information content (AvgIpc) is 3.44. The lowest BCUT2D eigenvalue weighted by Gasteiger charge is -2.28. The second-order valence-corrected chi connectivity index (χ2v) is 9.58. The molecule has 1 saturated carbocycles. The normalized spacial score (nSPS) is 19.3. The molecule has 1 aliphatic heterocycles. The molecule has 3 aliphatic rings. The highest BCUT2D eigenvalue weighted by atomic mass is 32.1. The van der Waals surface area contributed by atoms with Crippen LogP contribution in [0, 0.1) is 5.41 Å². The maximum Gasteiger partial charge on any atom is 0.341 e. The van der Waals surface area contributed by atoms with Crippen molar-refractivity contribution in [3.8, 4) is 0 Å². The van der Waals surface area contributed by atoms with Crippen LogP contribution < -0.4 is 10.2 Å². The lowest BCUT2D eigenvalue weighted by Crippen LogP contribution is -2.36. The summed E-state index contributed by atoms with van der Waals surface area (Å²) in [5.74, 6) is -0.564. The van der Waals surface area contributed by atoms with E-state index in [0.717, 1.165) is 56.8 Å². The van der Waals surface area contributed by atoms with Gasteiger partial charge in [-0.3, -0.25) is 4.79 Å². The van der Waals surface area contributed by atoms with Gasteiger partial charge >= 0.3 is 5.97 Å². The molecule has 7 heteroatoms. The summed E-state index contributed by atoms with van der Waals surface area (Å²) in [5, 5.41) is 3.61. The van der Waals surface area contributed by atoms with Crippen molar-refractivity contribution in [2.75, 3.05) is 43.6 Å². The van der Waals surface area contributed by atoms with E-state index >= 15 is 0 Å². The molecule has 1 amide bonds. The molecule has 1 N–H and O–H groups in total. The molecule has 1 aromatic carbocycles. The van der Waals surface area contributed by atoms with Crippen LogP contribution in [0.2, 0.25) is 0 Å². The van der Waals surface area contributed by atoms with Gasteiger partial charge in [0.2, 0.25) is 0 Å². The number of nitrogens with one attached hydrogen (secondary N) is 1. The highest BCUT2D eigenvalue weighted by Gasteiger charge is 2.46. The van der Waals surface area contributed by atoms with Crippen LogP contribution in [0.4, 0.5) is 10.7 Å². The van der Waals surface area contributed by atoms with Gasteiger partial charge in [0, 0.05) is 29.2 Å². The number of benzene rings is 1. The van der Waals surface area contributed by atoms with Crippen molar-refractivity contribution in [3.05, 3.63) is 45.8 Å². The number of thiophene rings is 1. The van der Waals surface area contributed by atoms with Crippen LogP contribution in [0.1, 0.15) is 50.4 Å². The molecule has 2 fully saturated rings. The molecule has 1 spiro atoms. The Morgan fingerprint density at radius 1 is 1.13 bits per heavy atom. The first kappa shape index (κ1) is 19.6. The van der Waals surface area contributed by atoms with E-state index in [0.29, 0.717) is 21.5 Å². The number of ether oxygens (including phenoxy) is 2. The molecule has 0 bridgehead atoms. The van der Waals surface area contributed by atoms with Gasteiger partial charge in [0.1, 0.15) is 5.00 Å². The van der Waals surface area contributed by atoms with E-state index in [2.05, 4.69) is 10.2 Å². The number of anilines is 2. The first-order valence-electron chi connectivity index (χ1n) is 10.6. The topological polar surface area (TPSA) is 67.9 Å². The van der Waals surface area contributed by atoms with Gasteiger partial charge in [0.05, 0.1) is 25.9 Å². The number of fused-ring (bicyclic) bond motifs is 1.